The highest BCUT2D eigenvalue weighted by atomic mass is 16.5. The average Bonchev–Trinajstić information content (AvgIpc) is 2.37. The fourth-order valence-electron chi connectivity index (χ4n) is 1.38. The zero-order chi connectivity index (χ0) is 12.3. The second-order valence-electron chi connectivity index (χ2n) is 3.65. The molecule has 0 saturated heterocycles. The fourth-order valence-corrected chi connectivity index (χ4v) is 1.38. The predicted octanol–water partition coefficient (Wildman–Crippen LogP) is 2.41. The Balaban J connectivity index is 2.12. The first-order valence-corrected chi connectivity index (χ1v) is 5.81. The van der Waals surface area contributed by atoms with Crippen molar-refractivity contribution in [1.29, 1.82) is 0 Å². The van der Waals surface area contributed by atoms with Crippen LogP contribution in [0, 0.1) is 0 Å². The molecule has 0 heterocycles. The quantitative estimate of drug-likeness (QED) is 0.582. The van der Waals surface area contributed by atoms with Crippen LogP contribution in [0.2, 0.25) is 0 Å². The summed E-state index contributed by atoms with van der Waals surface area (Å²) in [5.41, 5.74) is 1.16. The maximum atomic E-state index is 11.1. The molecule has 17 heavy (non-hydrogen) atoms. The van der Waals surface area contributed by atoms with Crippen molar-refractivity contribution in [3.8, 4) is 0 Å². The summed E-state index contributed by atoms with van der Waals surface area (Å²) in [5.74, 6) is -0.243. The molecule has 0 saturated carbocycles. The van der Waals surface area contributed by atoms with Crippen LogP contribution >= 0.6 is 0 Å². The first-order valence-electron chi connectivity index (χ1n) is 5.81. The summed E-state index contributed by atoms with van der Waals surface area (Å²) in [6.07, 6.45) is 6.11. The van der Waals surface area contributed by atoms with Gasteiger partial charge in [-0.3, -0.25) is 4.79 Å². The molecule has 0 bridgehead atoms. The van der Waals surface area contributed by atoms with Crippen molar-refractivity contribution in [2.75, 3.05) is 13.2 Å². The zero-order valence-corrected chi connectivity index (χ0v) is 9.84. The van der Waals surface area contributed by atoms with E-state index >= 15 is 0 Å². The van der Waals surface area contributed by atoms with Gasteiger partial charge in [-0.2, -0.15) is 0 Å². The molecule has 3 nitrogen and oxygen atoms in total. The van der Waals surface area contributed by atoms with Gasteiger partial charge < -0.3 is 9.84 Å². The minimum absolute atomic E-state index is 0.0959. The number of carbonyl (C=O) groups excluding carboxylic acids is 1. The van der Waals surface area contributed by atoms with Crippen LogP contribution in [0.1, 0.15) is 24.8 Å². The molecular weight excluding hydrogens is 216 g/mol. The van der Waals surface area contributed by atoms with Gasteiger partial charge in [0.1, 0.15) is 6.61 Å². The minimum Gasteiger partial charge on any atom is -0.463 e. The van der Waals surface area contributed by atoms with E-state index in [9.17, 15) is 4.79 Å². The van der Waals surface area contributed by atoms with Gasteiger partial charge in [0, 0.05) is 6.42 Å². The van der Waals surface area contributed by atoms with Gasteiger partial charge in [0.15, 0.2) is 0 Å². The van der Waals surface area contributed by atoms with Crippen molar-refractivity contribution in [3.63, 3.8) is 0 Å². The van der Waals surface area contributed by atoms with Crippen molar-refractivity contribution in [1.82, 2.24) is 0 Å². The Morgan fingerprint density at radius 2 is 2.06 bits per heavy atom. The van der Waals surface area contributed by atoms with Crippen LogP contribution in [0.15, 0.2) is 36.4 Å². The molecule has 0 atom stereocenters. The fraction of sp³-hybridized carbons (Fsp3) is 0.357. The van der Waals surface area contributed by atoms with E-state index in [-0.39, 0.29) is 19.2 Å². The molecular formula is C14H18O3. The number of aliphatic hydroxyl groups excluding tert-OH is 1. The van der Waals surface area contributed by atoms with Gasteiger partial charge in [-0.1, -0.05) is 42.5 Å². The number of unbranched alkanes of at least 4 members (excludes halogenated alkanes) is 1. The molecule has 0 amide bonds. The van der Waals surface area contributed by atoms with E-state index in [4.69, 9.17) is 9.84 Å². The zero-order valence-electron chi connectivity index (χ0n) is 9.84. The Morgan fingerprint density at radius 1 is 1.29 bits per heavy atom. The number of aliphatic hydroxyl groups is 1. The Kier molecular flexibility index (Phi) is 6.75. The van der Waals surface area contributed by atoms with Gasteiger partial charge in [-0.25, -0.2) is 0 Å². The van der Waals surface area contributed by atoms with E-state index in [0.717, 1.165) is 18.4 Å². The van der Waals surface area contributed by atoms with E-state index in [0.29, 0.717) is 6.42 Å². The van der Waals surface area contributed by atoms with Crippen molar-refractivity contribution in [2.24, 2.45) is 0 Å². The molecule has 0 unspecified atom stereocenters. The average molecular weight is 234 g/mol. The third-order valence-electron chi connectivity index (χ3n) is 2.22. The van der Waals surface area contributed by atoms with Crippen LogP contribution in [0.5, 0.6) is 0 Å². The lowest BCUT2D eigenvalue weighted by Gasteiger charge is -2.00. The molecule has 92 valence electrons. The standard InChI is InChI=1S/C14H18O3/c15-11-12-17-14(16)10-6-2-5-9-13-7-3-1-4-8-13/h1,3-5,7-9,15H,2,6,10-12H2/b9-5+. The molecule has 0 aliphatic rings. The summed E-state index contributed by atoms with van der Waals surface area (Å²) in [7, 11) is 0. The summed E-state index contributed by atoms with van der Waals surface area (Å²) >= 11 is 0. The predicted molar refractivity (Wildman–Crippen MR) is 67.4 cm³/mol. The number of carbonyl (C=O) groups is 1. The van der Waals surface area contributed by atoms with E-state index < -0.39 is 0 Å². The smallest absolute Gasteiger partial charge is 0.305 e. The number of rotatable bonds is 7. The maximum absolute atomic E-state index is 11.1. The number of hydrogen-bond acceptors (Lipinski definition) is 3. The topological polar surface area (TPSA) is 46.5 Å². The van der Waals surface area contributed by atoms with E-state index in [1.165, 1.54) is 0 Å². The molecule has 1 aromatic carbocycles. The summed E-state index contributed by atoms with van der Waals surface area (Å²) in [6, 6.07) is 10.0. The summed E-state index contributed by atoms with van der Waals surface area (Å²) in [5, 5.41) is 8.46. The maximum Gasteiger partial charge on any atom is 0.305 e. The van der Waals surface area contributed by atoms with Crippen molar-refractivity contribution in [2.45, 2.75) is 19.3 Å². The van der Waals surface area contributed by atoms with Gasteiger partial charge in [0.25, 0.3) is 0 Å². The van der Waals surface area contributed by atoms with E-state index in [1.54, 1.807) is 0 Å². The Labute approximate surface area is 102 Å². The van der Waals surface area contributed by atoms with E-state index in [1.807, 2.05) is 36.4 Å². The second kappa shape index (κ2) is 8.53. The van der Waals surface area contributed by atoms with Gasteiger partial charge >= 0.3 is 5.97 Å². The monoisotopic (exact) mass is 234 g/mol. The molecule has 0 spiro atoms. The third-order valence-corrected chi connectivity index (χ3v) is 2.22. The second-order valence-corrected chi connectivity index (χ2v) is 3.65. The number of allylic oxidation sites excluding steroid dienone is 1. The van der Waals surface area contributed by atoms with Crippen LogP contribution in [0.3, 0.4) is 0 Å². The van der Waals surface area contributed by atoms with Crippen LogP contribution < -0.4 is 0 Å². The van der Waals surface area contributed by atoms with Crippen LogP contribution in [0.4, 0.5) is 0 Å². The van der Waals surface area contributed by atoms with Crippen LogP contribution in [0.25, 0.3) is 6.08 Å². The van der Waals surface area contributed by atoms with Gasteiger partial charge in [-0.05, 0) is 18.4 Å². The Bertz CT molecular complexity index is 344. The first kappa shape index (κ1) is 13.5. The molecule has 1 N–H and O–H groups in total. The molecule has 1 aromatic rings. The molecule has 0 radical (unpaired) electrons. The van der Waals surface area contributed by atoms with Gasteiger partial charge in [0.05, 0.1) is 6.61 Å². The normalized spacial score (nSPS) is 10.6. The molecule has 1 rings (SSSR count). The lowest BCUT2D eigenvalue weighted by atomic mass is 10.1. The SMILES string of the molecule is O=C(CCC/C=C/c1ccccc1)OCCO. The first-order chi connectivity index (χ1) is 8.33. The van der Waals surface area contributed by atoms with Gasteiger partial charge in [-0.15, -0.1) is 0 Å². The molecule has 3 heteroatoms. The summed E-state index contributed by atoms with van der Waals surface area (Å²) < 4.78 is 4.74. The van der Waals surface area contributed by atoms with Crippen molar-refractivity contribution in [3.05, 3.63) is 42.0 Å². The Hall–Kier alpha value is -1.61. The third kappa shape index (κ3) is 6.53. The highest BCUT2D eigenvalue weighted by Crippen LogP contribution is 2.04. The molecule has 0 fully saturated rings. The van der Waals surface area contributed by atoms with E-state index in [2.05, 4.69) is 6.08 Å². The Morgan fingerprint density at radius 3 is 2.76 bits per heavy atom. The van der Waals surface area contributed by atoms with Gasteiger partial charge in [0.2, 0.25) is 0 Å². The molecule has 0 aliphatic heterocycles. The largest absolute Gasteiger partial charge is 0.463 e. The van der Waals surface area contributed by atoms with Crippen LogP contribution in [-0.2, 0) is 9.53 Å². The number of hydrogen-bond donors (Lipinski definition) is 1. The number of esters is 1. The summed E-state index contributed by atoms with van der Waals surface area (Å²) in [6.45, 7) is -0.0155. The molecule has 0 aromatic heterocycles. The number of benzene rings is 1. The van der Waals surface area contributed by atoms with Crippen LogP contribution in [-0.4, -0.2) is 24.3 Å². The minimum atomic E-state index is -0.243. The van der Waals surface area contributed by atoms with Crippen molar-refractivity contribution >= 4 is 12.0 Å². The lowest BCUT2D eigenvalue weighted by molar-refractivity contribution is -0.144. The highest BCUT2D eigenvalue weighted by molar-refractivity contribution is 5.69. The highest BCUT2D eigenvalue weighted by Gasteiger charge is 2.00. The molecule has 0 aliphatic carbocycles. The summed E-state index contributed by atoms with van der Waals surface area (Å²) in [4.78, 5) is 11.1. The van der Waals surface area contributed by atoms with Crippen molar-refractivity contribution < 1.29 is 14.6 Å². The lowest BCUT2D eigenvalue weighted by Crippen LogP contribution is -2.07. The number of ether oxygens (including phenoxy) is 1.